The highest BCUT2D eigenvalue weighted by Gasteiger charge is 2.09. The molecule has 0 bridgehead atoms. The number of aromatic nitrogens is 1. The summed E-state index contributed by atoms with van der Waals surface area (Å²) in [6.07, 6.45) is 2.19. The maximum absolute atomic E-state index is 11.6. The molecule has 0 aliphatic rings. The molecule has 5 heteroatoms. The van der Waals surface area contributed by atoms with Crippen LogP contribution >= 0.6 is 15.9 Å². The van der Waals surface area contributed by atoms with E-state index in [-0.39, 0.29) is 5.91 Å². The molecule has 0 unspecified atom stereocenters. The normalized spacial score (nSPS) is 11.4. The number of hydrogen-bond donors (Lipinski definition) is 1. The molecule has 0 aliphatic heterocycles. The van der Waals surface area contributed by atoms with E-state index in [2.05, 4.69) is 56.1 Å². The molecule has 0 fully saturated rings. The third kappa shape index (κ3) is 4.55. The number of halogens is 1. The fourth-order valence-electron chi connectivity index (χ4n) is 2.50. The van der Waals surface area contributed by atoms with Crippen molar-refractivity contribution >= 4 is 28.1 Å². The minimum Gasteiger partial charge on any atom is -0.318 e. The van der Waals surface area contributed by atoms with Crippen LogP contribution in [-0.4, -0.2) is 16.7 Å². The zero-order valence-corrected chi connectivity index (χ0v) is 15.5. The first-order valence-corrected chi connectivity index (χ1v) is 8.44. The Morgan fingerprint density at radius 1 is 1.30 bits per heavy atom. The highest BCUT2D eigenvalue weighted by molar-refractivity contribution is 9.10. The van der Waals surface area contributed by atoms with Crippen LogP contribution in [0.2, 0.25) is 0 Å². The van der Waals surface area contributed by atoms with Crippen molar-refractivity contribution in [2.75, 3.05) is 0 Å². The third-order valence-electron chi connectivity index (χ3n) is 3.54. The maximum atomic E-state index is 11.6. The van der Waals surface area contributed by atoms with Gasteiger partial charge in [0, 0.05) is 33.5 Å². The van der Waals surface area contributed by atoms with Gasteiger partial charge in [-0.25, -0.2) is 5.43 Å². The summed E-state index contributed by atoms with van der Waals surface area (Å²) in [6.45, 7) is 8.13. The lowest BCUT2D eigenvalue weighted by atomic mass is 10.1. The van der Waals surface area contributed by atoms with Crippen molar-refractivity contribution in [2.45, 2.75) is 34.1 Å². The minimum atomic E-state index is -0.0574. The van der Waals surface area contributed by atoms with E-state index >= 15 is 0 Å². The molecule has 1 heterocycles. The lowest BCUT2D eigenvalue weighted by Gasteiger charge is -2.09. The summed E-state index contributed by atoms with van der Waals surface area (Å²) in [5.41, 5.74) is 6.89. The second kappa shape index (κ2) is 7.59. The average Bonchev–Trinajstić information content (AvgIpc) is 2.74. The van der Waals surface area contributed by atoms with Gasteiger partial charge in [0.1, 0.15) is 0 Å². The van der Waals surface area contributed by atoms with Crippen molar-refractivity contribution in [3.05, 3.63) is 51.8 Å². The molecular weight excluding hydrogens is 354 g/mol. The molecule has 2 aromatic rings. The van der Waals surface area contributed by atoms with E-state index < -0.39 is 0 Å². The number of benzene rings is 1. The number of aryl methyl sites for hydroxylation is 1. The Morgan fingerprint density at radius 2 is 1.96 bits per heavy atom. The van der Waals surface area contributed by atoms with Gasteiger partial charge in [0.05, 0.1) is 6.21 Å². The van der Waals surface area contributed by atoms with Gasteiger partial charge in [0.15, 0.2) is 0 Å². The van der Waals surface area contributed by atoms with Gasteiger partial charge in [0.25, 0.3) is 0 Å². The molecule has 2 rings (SSSR count). The highest BCUT2D eigenvalue weighted by Crippen LogP contribution is 2.21. The molecule has 0 saturated heterocycles. The van der Waals surface area contributed by atoms with Gasteiger partial charge in [-0.1, -0.05) is 29.8 Å². The lowest BCUT2D eigenvalue weighted by Crippen LogP contribution is -2.19. The standard InChI is InChI=1S/C18H22BrN3O/c1-12(2)9-18(23)21-20-11-15-10-13(3)22(14(15)4)17-7-5-16(19)6-8-17/h5-8,10-12H,9H2,1-4H3,(H,21,23)/b20-11+. The Kier molecular flexibility index (Phi) is 5.77. The molecule has 1 aromatic carbocycles. The molecule has 0 saturated carbocycles. The molecular formula is C18H22BrN3O. The monoisotopic (exact) mass is 375 g/mol. The van der Waals surface area contributed by atoms with Gasteiger partial charge >= 0.3 is 0 Å². The molecule has 0 aliphatic carbocycles. The summed E-state index contributed by atoms with van der Waals surface area (Å²) in [7, 11) is 0. The van der Waals surface area contributed by atoms with Crippen LogP contribution in [0.1, 0.15) is 37.2 Å². The van der Waals surface area contributed by atoms with Crippen LogP contribution in [0, 0.1) is 19.8 Å². The number of nitrogens with zero attached hydrogens (tertiary/aromatic N) is 2. The largest absolute Gasteiger partial charge is 0.318 e. The Bertz CT molecular complexity index is 715. The zero-order valence-electron chi connectivity index (χ0n) is 13.9. The van der Waals surface area contributed by atoms with Gasteiger partial charge in [-0.05, 0) is 50.1 Å². The van der Waals surface area contributed by atoms with E-state index in [0.29, 0.717) is 12.3 Å². The zero-order chi connectivity index (χ0) is 17.0. The van der Waals surface area contributed by atoms with Crippen LogP contribution in [-0.2, 0) is 4.79 Å². The maximum Gasteiger partial charge on any atom is 0.240 e. The topological polar surface area (TPSA) is 46.4 Å². The number of rotatable bonds is 5. The fraction of sp³-hybridized carbons (Fsp3) is 0.333. The van der Waals surface area contributed by atoms with Gasteiger partial charge in [-0.2, -0.15) is 5.10 Å². The Hall–Kier alpha value is -1.88. The van der Waals surface area contributed by atoms with E-state index in [4.69, 9.17) is 0 Å². The molecule has 0 radical (unpaired) electrons. The van der Waals surface area contributed by atoms with E-state index in [1.54, 1.807) is 6.21 Å². The minimum absolute atomic E-state index is 0.0574. The number of hydrogen-bond acceptors (Lipinski definition) is 2. The SMILES string of the molecule is Cc1cc(/C=N/NC(=O)CC(C)C)c(C)n1-c1ccc(Br)cc1. The van der Waals surface area contributed by atoms with Crippen molar-refractivity contribution in [1.82, 2.24) is 9.99 Å². The fourth-order valence-corrected chi connectivity index (χ4v) is 2.76. The second-order valence-corrected chi connectivity index (χ2v) is 6.95. The van der Waals surface area contributed by atoms with Crippen molar-refractivity contribution in [1.29, 1.82) is 0 Å². The number of nitrogens with one attached hydrogen (secondary N) is 1. The molecule has 122 valence electrons. The van der Waals surface area contributed by atoms with E-state index in [9.17, 15) is 4.79 Å². The van der Waals surface area contributed by atoms with Crippen LogP contribution in [0.4, 0.5) is 0 Å². The van der Waals surface area contributed by atoms with Crippen LogP contribution in [0.5, 0.6) is 0 Å². The third-order valence-corrected chi connectivity index (χ3v) is 4.07. The summed E-state index contributed by atoms with van der Waals surface area (Å²) in [5.74, 6) is 0.269. The van der Waals surface area contributed by atoms with Gasteiger partial charge < -0.3 is 4.57 Å². The van der Waals surface area contributed by atoms with Crippen molar-refractivity contribution < 1.29 is 4.79 Å². The molecule has 23 heavy (non-hydrogen) atoms. The van der Waals surface area contributed by atoms with Crippen molar-refractivity contribution in [3.63, 3.8) is 0 Å². The van der Waals surface area contributed by atoms with E-state index in [1.807, 2.05) is 32.9 Å². The van der Waals surface area contributed by atoms with Gasteiger partial charge in [0.2, 0.25) is 5.91 Å². The van der Waals surface area contributed by atoms with Crippen LogP contribution in [0.15, 0.2) is 39.9 Å². The molecule has 0 atom stereocenters. The molecule has 0 spiro atoms. The summed E-state index contributed by atoms with van der Waals surface area (Å²) in [5, 5.41) is 4.07. The summed E-state index contributed by atoms with van der Waals surface area (Å²) < 4.78 is 3.22. The quantitative estimate of drug-likeness (QED) is 0.612. The predicted molar refractivity (Wildman–Crippen MR) is 98.1 cm³/mol. The van der Waals surface area contributed by atoms with E-state index in [0.717, 1.165) is 27.1 Å². The first-order valence-electron chi connectivity index (χ1n) is 7.65. The predicted octanol–water partition coefficient (Wildman–Crippen LogP) is 4.35. The Balaban J connectivity index is 2.17. The van der Waals surface area contributed by atoms with Crippen LogP contribution in [0.3, 0.4) is 0 Å². The smallest absolute Gasteiger partial charge is 0.240 e. The number of carbonyl (C=O) groups excluding carboxylic acids is 1. The summed E-state index contributed by atoms with van der Waals surface area (Å²) in [6, 6.07) is 10.2. The molecule has 4 nitrogen and oxygen atoms in total. The first-order chi connectivity index (χ1) is 10.9. The Morgan fingerprint density at radius 3 is 2.57 bits per heavy atom. The lowest BCUT2D eigenvalue weighted by molar-refractivity contribution is -0.121. The first kappa shape index (κ1) is 17.5. The highest BCUT2D eigenvalue weighted by atomic mass is 79.9. The molecule has 1 amide bonds. The van der Waals surface area contributed by atoms with Gasteiger partial charge in [-0.3, -0.25) is 4.79 Å². The second-order valence-electron chi connectivity index (χ2n) is 6.03. The number of carbonyl (C=O) groups is 1. The Labute approximate surface area is 145 Å². The average molecular weight is 376 g/mol. The van der Waals surface area contributed by atoms with Crippen LogP contribution < -0.4 is 5.43 Å². The van der Waals surface area contributed by atoms with E-state index in [1.165, 1.54) is 0 Å². The van der Waals surface area contributed by atoms with Crippen molar-refractivity contribution in [3.8, 4) is 5.69 Å². The summed E-state index contributed by atoms with van der Waals surface area (Å²) in [4.78, 5) is 11.6. The van der Waals surface area contributed by atoms with Crippen molar-refractivity contribution in [2.24, 2.45) is 11.0 Å². The number of hydrazone groups is 1. The summed E-state index contributed by atoms with van der Waals surface area (Å²) >= 11 is 3.45. The van der Waals surface area contributed by atoms with Crippen LogP contribution in [0.25, 0.3) is 5.69 Å². The molecule has 1 aromatic heterocycles. The van der Waals surface area contributed by atoms with Gasteiger partial charge in [-0.15, -0.1) is 0 Å². The number of amides is 1. The molecule has 1 N–H and O–H groups in total.